The van der Waals surface area contributed by atoms with Crippen LogP contribution in [0.4, 0.5) is 10.5 Å². The Labute approximate surface area is 127 Å². The fraction of sp³-hybridized carbons (Fsp3) is 0.500. The summed E-state index contributed by atoms with van der Waals surface area (Å²) in [5, 5.41) is 2.90. The molecule has 1 N–H and O–H groups in total. The Morgan fingerprint density at radius 3 is 2.65 bits per heavy atom. The van der Waals surface area contributed by atoms with Crippen LogP contribution in [0, 0.1) is 0 Å². The fourth-order valence-corrected chi connectivity index (χ4v) is 2.61. The van der Waals surface area contributed by atoms with E-state index < -0.39 is 0 Å². The minimum atomic E-state index is -0.124. The van der Waals surface area contributed by atoms with Crippen molar-refractivity contribution in [3.8, 4) is 5.75 Å². The molecule has 0 bridgehead atoms. The quantitative estimate of drug-likeness (QED) is 0.898. The first kappa shape index (κ1) is 15.1. The zero-order valence-corrected chi connectivity index (χ0v) is 13.4. The topological polar surface area (TPSA) is 50.8 Å². The summed E-state index contributed by atoms with van der Waals surface area (Å²) in [6, 6.07) is 5.34. The lowest BCUT2D eigenvalue weighted by molar-refractivity contribution is -0.0530. The molecular formula is C14H19BrN2O3. The number of amides is 2. The van der Waals surface area contributed by atoms with Crippen LogP contribution in [0.2, 0.25) is 0 Å². The average Bonchev–Trinajstić information content (AvgIpc) is 2.40. The van der Waals surface area contributed by atoms with Gasteiger partial charge in [0.1, 0.15) is 5.75 Å². The second-order valence-electron chi connectivity index (χ2n) is 4.94. The standard InChI is InChI=1S/C14H19BrN2O3/c1-9-7-17(8-10(2)20-9)14(18)16-13-6-11(19-3)4-5-12(13)15/h4-6,9-10H,7-8H2,1-3H3,(H,16,18). The Morgan fingerprint density at radius 2 is 2.05 bits per heavy atom. The molecule has 0 saturated carbocycles. The minimum Gasteiger partial charge on any atom is -0.497 e. The van der Waals surface area contributed by atoms with Gasteiger partial charge >= 0.3 is 6.03 Å². The maximum atomic E-state index is 12.3. The van der Waals surface area contributed by atoms with Crippen molar-refractivity contribution < 1.29 is 14.3 Å². The van der Waals surface area contributed by atoms with Gasteiger partial charge in [0.2, 0.25) is 0 Å². The van der Waals surface area contributed by atoms with Crippen LogP contribution in [0.25, 0.3) is 0 Å². The van der Waals surface area contributed by atoms with E-state index in [0.29, 0.717) is 24.5 Å². The van der Waals surface area contributed by atoms with E-state index in [1.807, 2.05) is 26.0 Å². The van der Waals surface area contributed by atoms with Crippen LogP contribution in [-0.4, -0.2) is 43.3 Å². The lowest BCUT2D eigenvalue weighted by Crippen LogP contribution is -2.49. The van der Waals surface area contributed by atoms with Gasteiger partial charge in [-0.3, -0.25) is 0 Å². The first-order valence-electron chi connectivity index (χ1n) is 6.54. The van der Waals surface area contributed by atoms with E-state index in [1.54, 1.807) is 18.1 Å². The molecule has 110 valence electrons. The Hall–Kier alpha value is -1.27. The first-order valence-corrected chi connectivity index (χ1v) is 7.34. The molecule has 20 heavy (non-hydrogen) atoms. The summed E-state index contributed by atoms with van der Waals surface area (Å²) in [4.78, 5) is 14.1. The highest BCUT2D eigenvalue weighted by molar-refractivity contribution is 9.10. The van der Waals surface area contributed by atoms with Crippen molar-refractivity contribution in [2.75, 3.05) is 25.5 Å². The van der Waals surface area contributed by atoms with E-state index in [4.69, 9.17) is 9.47 Å². The number of nitrogens with one attached hydrogen (secondary N) is 1. The van der Waals surface area contributed by atoms with Gasteiger partial charge in [-0.2, -0.15) is 0 Å². The third-order valence-corrected chi connectivity index (χ3v) is 3.81. The van der Waals surface area contributed by atoms with Crippen molar-refractivity contribution >= 4 is 27.6 Å². The van der Waals surface area contributed by atoms with Gasteiger partial charge in [0.25, 0.3) is 0 Å². The minimum absolute atomic E-state index is 0.0539. The molecule has 1 saturated heterocycles. The van der Waals surface area contributed by atoms with E-state index >= 15 is 0 Å². The van der Waals surface area contributed by atoms with Crippen LogP contribution < -0.4 is 10.1 Å². The number of hydrogen-bond donors (Lipinski definition) is 1. The van der Waals surface area contributed by atoms with Gasteiger partial charge in [-0.1, -0.05) is 0 Å². The Balaban J connectivity index is 2.07. The Kier molecular flexibility index (Phi) is 4.88. The molecule has 1 heterocycles. The Morgan fingerprint density at radius 1 is 1.40 bits per heavy atom. The number of hydrogen-bond acceptors (Lipinski definition) is 3. The summed E-state index contributed by atoms with van der Waals surface area (Å²) in [6.45, 7) is 5.13. The molecule has 2 rings (SSSR count). The molecule has 2 atom stereocenters. The lowest BCUT2D eigenvalue weighted by atomic mass is 10.2. The number of benzene rings is 1. The lowest BCUT2D eigenvalue weighted by Gasteiger charge is -2.35. The number of ether oxygens (including phenoxy) is 2. The molecule has 6 heteroatoms. The zero-order chi connectivity index (χ0) is 14.7. The average molecular weight is 343 g/mol. The molecule has 0 radical (unpaired) electrons. The van der Waals surface area contributed by atoms with Crippen molar-refractivity contribution in [1.82, 2.24) is 4.90 Å². The number of carbonyl (C=O) groups is 1. The van der Waals surface area contributed by atoms with E-state index in [1.165, 1.54) is 0 Å². The highest BCUT2D eigenvalue weighted by atomic mass is 79.9. The summed E-state index contributed by atoms with van der Waals surface area (Å²) < 4.78 is 11.6. The number of carbonyl (C=O) groups excluding carboxylic acids is 1. The number of morpholine rings is 1. The van der Waals surface area contributed by atoms with Crippen molar-refractivity contribution in [2.45, 2.75) is 26.1 Å². The number of nitrogens with zero attached hydrogens (tertiary/aromatic N) is 1. The number of rotatable bonds is 2. The summed E-state index contributed by atoms with van der Waals surface area (Å²) >= 11 is 3.42. The van der Waals surface area contributed by atoms with Crippen LogP contribution in [0.1, 0.15) is 13.8 Å². The molecule has 2 amide bonds. The number of urea groups is 1. The molecule has 0 aliphatic carbocycles. The molecule has 1 aromatic rings. The third-order valence-electron chi connectivity index (χ3n) is 3.12. The van der Waals surface area contributed by atoms with Crippen molar-refractivity contribution in [2.24, 2.45) is 0 Å². The first-order chi connectivity index (χ1) is 9.49. The molecule has 5 nitrogen and oxygen atoms in total. The van der Waals surface area contributed by atoms with Gasteiger partial charge in [-0.05, 0) is 41.9 Å². The van der Waals surface area contributed by atoms with Crippen LogP contribution in [0.5, 0.6) is 5.75 Å². The third kappa shape index (κ3) is 3.64. The van der Waals surface area contributed by atoms with E-state index in [9.17, 15) is 4.79 Å². The zero-order valence-electron chi connectivity index (χ0n) is 11.9. The highest BCUT2D eigenvalue weighted by Gasteiger charge is 2.26. The molecule has 1 fully saturated rings. The summed E-state index contributed by atoms with van der Waals surface area (Å²) in [5.74, 6) is 0.701. The van der Waals surface area contributed by atoms with E-state index in [2.05, 4.69) is 21.2 Å². The van der Waals surface area contributed by atoms with Crippen LogP contribution in [0.3, 0.4) is 0 Å². The molecule has 0 spiro atoms. The number of methoxy groups -OCH3 is 1. The summed E-state index contributed by atoms with van der Waals surface area (Å²) in [5.41, 5.74) is 0.696. The SMILES string of the molecule is COc1ccc(Br)c(NC(=O)N2CC(C)OC(C)C2)c1. The molecule has 1 aliphatic rings. The second kappa shape index (κ2) is 6.45. The van der Waals surface area contributed by atoms with Crippen molar-refractivity contribution in [1.29, 1.82) is 0 Å². The fourth-order valence-electron chi connectivity index (χ4n) is 2.27. The molecule has 2 unspecified atom stereocenters. The van der Waals surface area contributed by atoms with Crippen molar-refractivity contribution in [3.63, 3.8) is 0 Å². The molecular weight excluding hydrogens is 324 g/mol. The van der Waals surface area contributed by atoms with Gasteiger partial charge in [-0.15, -0.1) is 0 Å². The van der Waals surface area contributed by atoms with Crippen molar-refractivity contribution in [3.05, 3.63) is 22.7 Å². The summed E-state index contributed by atoms with van der Waals surface area (Å²) in [6.07, 6.45) is 0.108. The van der Waals surface area contributed by atoms with Crippen LogP contribution in [0.15, 0.2) is 22.7 Å². The van der Waals surface area contributed by atoms with E-state index in [0.717, 1.165) is 4.47 Å². The van der Waals surface area contributed by atoms with Gasteiger partial charge in [0.05, 0.1) is 25.0 Å². The predicted molar refractivity (Wildman–Crippen MR) is 81.3 cm³/mol. The number of anilines is 1. The van der Waals surface area contributed by atoms with E-state index in [-0.39, 0.29) is 18.2 Å². The highest BCUT2D eigenvalue weighted by Crippen LogP contribution is 2.27. The Bertz CT molecular complexity index is 485. The molecule has 1 aliphatic heterocycles. The predicted octanol–water partition coefficient (Wildman–Crippen LogP) is 3.10. The van der Waals surface area contributed by atoms with Gasteiger partial charge < -0.3 is 19.7 Å². The van der Waals surface area contributed by atoms with Gasteiger partial charge in [0.15, 0.2) is 0 Å². The molecule has 0 aromatic heterocycles. The number of halogens is 1. The normalized spacial score (nSPS) is 22.5. The maximum absolute atomic E-state index is 12.3. The smallest absolute Gasteiger partial charge is 0.322 e. The van der Waals surface area contributed by atoms with Gasteiger partial charge in [0, 0.05) is 23.6 Å². The van der Waals surface area contributed by atoms with Crippen LogP contribution in [-0.2, 0) is 4.74 Å². The van der Waals surface area contributed by atoms with Gasteiger partial charge in [-0.25, -0.2) is 4.79 Å². The maximum Gasteiger partial charge on any atom is 0.322 e. The van der Waals surface area contributed by atoms with Crippen LogP contribution >= 0.6 is 15.9 Å². The summed E-state index contributed by atoms with van der Waals surface area (Å²) in [7, 11) is 1.60. The molecule has 1 aromatic carbocycles. The monoisotopic (exact) mass is 342 g/mol. The largest absolute Gasteiger partial charge is 0.497 e. The second-order valence-corrected chi connectivity index (χ2v) is 5.79.